The number of aliphatic carboxylic acids is 2. The summed E-state index contributed by atoms with van der Waals surface area (Å²) in [5, 5.41) is 29.2. The molecule has 2 atom stereocenters. The lowest BCUT2D eigenvalue weighted by Crippen LogP contribution is -2.52. The highest BCUT2D eigenvalue weighted by molar-refractivity contribution is 5.75. The summed E-state index contributed by atoms with van der Waals surface area (Å²) >= 11 is 0. The van der Waals surface area contributed by atoms with Crippen LogP contribution in [0.1, 0.15) is 25.7 Å². The first kappa shape index (κ1) is 16.2. The highest BCUT2D eigenvalue weighted by atomic mass is 16.4. The van der Waals surface area contributed by atoms with Gasteiger partial charge in [-0.05, 0) is 25.7 Å². The van der Waals surface area contributed by atoms with E-state index in [1.807, 2.05) is 0 Å². The summed E-state index contributed by atoms with van der Waals surface area (Å²) in [7, 11) is 0. The Morgan fingerprint density at radius 1 is 1.45 bits per heavy atom. The van der Waals surface area contributed by atoms with Crippen molar-refractivity contribution in [2.45, 2.75) is 37.8 Å². The first-order chi connectivity index (χ1) is 9.41. The van der Waals surface area contributed by atoms with E-state index in [-0.39, 0.29) is 5.96 Å². The second-order valence-electron chi connectivity index (χ2n) is 4.69. The topological polar surface area (TPSA) is 152 Å². The molecule has 114 valence electrons. The van der Waals surface area contributed by atoms with Gasteiger partial charge in [-0.2, -0.15) is 0 Å². The van der Waals surface area contributed by atoms with E-state index in [1.54, 1.807) is 0 Å². The molecule has 7 N–H and O–H groups in total. The number of hydrazine groups is 1. The van der Waals surface area contributed by atoms with Gasteiger partial charge in [0, 0.05) is 13.1 Å². The van der Waals surface area contributed by atoms with Gasteiger partial charge in [-0.15, -0.1) is 0 Å². The predicted octanol–water partition coefficient (Wildman–Crippen LogP) is -1.24. The zero-order chi connectivity index (χ0) is 15.1. The van der Waals surface area contributed by atoms with Gasteiger partial charge < -0.3 is 21.3 Å². The Morgan fingerprint density at radius 2 is 2.15 bits per heavy atom. The van der Waals surface area contributed by atoms with Crippen LogP contribution in [0.3, 0.4) is 0 Å². The highest BCUT2D eigenvalue weighted by Crippen LogP contribution is 2.16. The molecule has 1 aliphatic rings. The zero-order valence-electron chi connectivity index (χ0n) is 11.1. The van der Waals surface area contributed by atoms with E-state index in [9.17, 15) is 9.59 Å². The summed E-state index contributed by atoms with van der Waals surface area (Å²) in [6.07, 6.45) is 2.07. The van der Waals surface area contributed by atoms with E-state index in [2.05, 4.69) is 10.7 Å². The Kier molecular flexibility index (Phi) is 6.19. The van der Waals surface area contributed by atoms with Crippen molar-refractivity contribution in [3.8, 4) is 0 Å². The Labute approximate surface area is 116 Å². The van der Waals surface area contributed by atoms with Gasteiger partial charge >= 0.3 is 11.9 Å². The number of carboxylic acids is 2. The van der Waals surface area contributed by atoms with Gasteiger partial charge in [0.05, 0.1) is 0 Å². The van der Waals surface area contributed by atoms with Crippen LogP contribution in [-0.2, 0) is 9.59 Å². The SMILES string of the molecule is N=C(N)NCCC[C@H](NN1CCC[C@H]1C(=O)O)C(=O)O. The normalized spacial score (nSPS) is 20.5. The lowest BCUT2D eigenvalue weighted by Gasteiger charge is -2.26. The third-order valence-electron chi connectivity index (χ3n) is 3.14. The summed E-state index contributed by atoms with van der Waals surface area (Å²) in [5.41, 5.74) is 7.89. The van der Waals surface area contributed by atoms with E-state index in [0.29, 0.717) is 32.4 Å². The van der Waals surface area contributed by atoms with Crippen LogP contribution in [0.25, 0.3) is 0 Å². The number of nitrogens with two attached hydrogens (primary N) is 1. The van der Waals surface area contributed by atoms with Gasteiger partial charge in [-0.25, -0.2) is 10.4 Å². The number of nitrogens with one attached hydrogen (secondary N) is 3. The second kappa shape index (κ2) is 7.65. The van der Waals surface area contributed by atoms with Crippen molar-refractivity contribution in [1.82, 2.24) is 15.8 Å². The van der Waals surface area contributed by atoms with Crippen LogP contribution < -0.4 is 16.5 Å². The third kappa shape index (κ3) is 5.02. The predicted molar refractivity (Wildman–Crippen MR) is 71.1 cm³/mol. The van der Waals surface area contributed by atoms with Gasteiger partial charge in [-0.3, -0.25) is 15.0 Å². The molecule has 0 amide bonds. The quantitative estimate of drug-likeness (QED) is 0.184. The summed E-state index contributed by atoms with van der Waals surface area (Å²) in [4.78, 5) is 22.2. The van der Waals surface area contributed by atoms with Gasteiger partial charge in [-0.1, -0.05) is 0 Å². The average molecular weight is 287 g/mol. The molecule has 1 heterocycles. The minimum Gasteiger partial charge on any atom is -0.480 e. The van der Waals surface area contributed by atoms with Crippen LogP contribution in [0.15, 0.2) is 0 Å². The first-order valence-corrected chi connectivity index (χ1v) is 6.48. The van der Waals surface area contributed by atoms with Crippen LogP contribution in [0.2, 0.25) is 0 Å². The van der Waals surface area contributed by atoms with Gasteiger partial charge in [0.2, 0.25) is 0 Å². The maximum atomic E-state index is 11.2. The molecule has 20 heavy (non-hydrogen) atoms. The Balaban J connectivity index is 2.44. The molecule has 1 rings (SSSR count). The standard InChI is InChI=1S/C11H21N5O4/c12-11(13)14-5-1-3-7(9(17)18)15-16-6-2-4-8(16)10(19)20/h7-8,15H,1-6H2,(H,17,18)(H,19,20)(H4,12,13,14)/t7-,8-/m0/s1. The van der Waals surface area contributed by atoms with Gasteiger partial charge in [0.15, 0.2) is 5.96 Å². The van der Waals surface area contributed by atoms with Crippen LogP contribution in [0.4, 0.5) is 0 Å². The van der Waals surface area contributed by atoms with Crippen molar-refractivity contribution < 1.29 is 19.8 Å². The molecule has 0 aromatic heterocycles. The van der Waals surface area contributed by atoms with E-state index < -0.39 is 24.0 Å². The fourth-order valence-corrected chi connectivity index (χ4v) is 2.15. The number of hydrogen-bond acceptors (Lipinski definition) is 5. The first-order valence-electron chi connectivity index (χ1n) is 6.48. The number of guanidine groups is 1. The summed E-state index contributed by atoms with van der Waals surface area (Å²) < 4.78 is 0. The fraction of sp³-hybridized carbons (Fsp3) is 0.727. The average Bonchev–Trinajstić information content (AvgIpc) is 2.80. The maximum absolute atomic E-state index is 11.2. The van der Waals surface area contributed by atoms with Crippen molar-refractivity contribution in [1.29, 1.82) is 5.41 Å². The lowest BCUT2D eigenvalue weighted by molar-refractivity contribution is -0.147. The number of carboxylic acid groups (broad SMARTS) is 2. The molecular weight excluding hydrogens is 266 g/mol. The highest BCUT2D eigenvalue weighted by Gasteiger charge is 2.33. The molecule has 0 saturated carbocycles. The molecule has 9 heteroatoms. The molecule has 0 aromatic rings. The number of hydrogen-bond donors (Lipinski definition) is 6. The molecule has 1 aliphatic heterocycles. The Bertz CT molecular complexity index is 376. The zero-order valence-corrected chi connectivity index (χ0v) is 11.1. The van der Waals surface area contributed by atoms with Crippen LogP contribution in [-0.4, -0.2) is 58.3 Å². The molecule has 1 saturated heterocycles. The number of rotatable bonds is 8. The van der Waals surface area contributed by atoms with E-state index >= 15 is 0 Å². The van der Waals surface area contributed by atoms with Crippen molar-refractivity contribution >= 4 is 17.9 Å². The molecule has 0 unspecified atom stereocenters. The van der Waals surface area contributed by atoms with Crippen LogP contribution >= 0.6 is 0 Å². The van der Waals surface area contributed by atoms with Gasteiger partial charge in [0.25, 0.3) is 0 Å². The maximum Gasteiger partial charge on any atom is 0.322 e. The number of carbonyl (C=O) groups is 2. The van der Waals surface area contributed by atoms with Crippen LogP contribution in [0, 0.1) is 5.41 Å². The number of nitrogens with zero attached hydrogens (tertiary/aromatic N) is 1. The monoisotopic (exact) mass is 287 g/mol. The van der Waals surface area contributed by atoms with E-state index in [4.69, 9.17) is 21.4 Å². The van der Waals surface area contributed by atoms with Crippen molar-refractivity contribution in [3.63, 3.8) is 0 Å². The van der Waals surface area contributed by atoms with E-state index in [1.165, 1.54) is 5.01 Å². The molecule has 1 fully saturated rings. The molecule has 0 bridgehead atoms. The molecule has 0 spiro atoms. The minimum absolute atomic E-state index is 0.157. The molecular formula is C11H21N5O4. The third-order valence-corrected chi connectivity index (χ3v) is 3.14. The second-order valence-corrected chi connectivity index (χ2v) is 4.69. The Morgan fingerprint density at radius 3 is 2.70 bits per heavy atom. The van der Waals surface area contributed by atoms with Crippen LogP contribution in [0.5, 0.6) is 0 Å². The molecule has 9 nitrogen and oxygen atoms in total. The summed E-state index contributed by atoms with van der Waals surface area (Å²) in [5.74, 6) is -2.13. The Hall–Kier alpha value is -1.87. The molecule has 0 aliphatic carbocycles. The van der Waals surface area contributed by atoms with Crippen molar-refractivity contribution in [3.05, 3.63) is 0 Å². The minimum atomic E-state index is -1.02. The molecule has 0 aromatic carbocycles. The van der Waals surface area contributed by atoms with Crippen molar-refractivity contribution in [2.75, 3.05) is 13.1 Å². The van der Waals surface area contributed by atoms with Crippen molar-refractivity contribution in [2.24, 2.45) is 5.73 Å². The largest absolute Gasteiger partial charge is 0.480 e. The summed E-state index contributed by atoms with van der Waals surface area (Å²) in [6.45, 7) is 0.926. The van der Waals surface area contributed by atoms with Gasteiger partial charge in [0.1, 0.15) is 12.1 Å². The van der Waals surface area contributed by atoms with E-state index in [0.717, 1.165) is 6.42 Å². The molecule has 0 radical (unpaired) electrons. The summed E-state index contributed by atoms with van der Waals surface area (Å²) in [6, 6.07) is -1.52. The fourth-order valence-electron chi connectivity index (χ4n) is 2.15. The lowest BCUT2D eigenvalue weighted by atomic mass is 10.1. The smallest absolute Gasteiger partial charge is 0.322 e.